The van der Waals surface area contributed by atoms with E-state index in [-0.39, 0.29) is 28.3 Å². The molecule has 1 atom stereocenters. The van der Waals surface area contributed by atoms with Gasteiger partial charge in [-0.3, -0.25) is 9.48 Å². The number of nitrogens with one attached hydrogen (secondary N) is 1. The number of benzene rings is 2. The summed E-state index contributed by atoms with van der Waals surface area (Å²) in [4.78, 5) is 11.5. The summed E-state index contributed by atoms with van der Waals surface area (Å²) in [5.74, 6) is -0.173. The standard InChI is InChI=1S/C34H46N4O5S2/c1-25(2)23-37(45(42,43)31-17-15-28(24-39)16-18-31)33(34(19-21-35-22-20-34)29-11-7-5-8-12-29)44(40,41)32-26(3)36-38(27(32)4)30-13-9-6-10-14-30/h5,7-8,11-12,15-18,24-25,30,33,35H,6,9-10,13-14,19-23H2,1-4H3. The third-order valence-electron chi connectivity index (χ3n) is 9.50. The van der Waals surface area contributed by atoms with Crippen LogP contribution in [0.2, 0.25) is 0 Å². The van der Waals surface area contributed by atoms with Crippen LogP contribution in [-0.4, -0.2) is 62.2 Å². The molecule has 45 heavy (non-hydrogen) atoms. The average molecular weight is 655 g/mol. The van der Waals surface area contributed by atoms with Crippen LogP contribution in [-0.2, 0) is 25.3 Å². The van der Waals surface area contributed by atoms with Gasteiger partial charge in [0.15, 0.2) is 9.84 Å². The van der Waals surface area contributed by atoms with Gasteiger partial charge in [-0.05, 0) is 76.2 Å². The van der Waals surface area contributed by atoms with Crippen molar-refractivity contribution in [3.05, 3.63) is 77.1 Å². The van der Waals surface area contributed by atoms with E-state index in [0.29, 0.717) is 49.2 Å². The van der Waals surface area contributed by atoms with Gasteiger partial charge in [0, 0.05) is 17.5 Å². The topological polar surface area (TPSA) is 118 Å². The lowest BCUT2D eigenvalue weighted by Gasteiger charge is -2.48. The van der Waals surface area contributed by atoms with Crippen LogP contribution in [0.1, 0.15) is 92.1 Å². The van der Waals surface area contributed by atoms with Gasteiger partial charge in [-0.2, -0.15) is 9.40 Å². The summed E-state index contributed by atoms with van der Waals surface area (Å²) >= 11 is 0. The van der Waals surface area contributed by atoms with E-state index in [9.17, 15) is 13.2 Å². The summed E-state index contributed by atoms with van der Waals surface area (Å²) in [6.07, 6.45) is 6.71. The maximum absolute atomic E-state index is 15.5. The molecular formula is C34H46N4O5S2. The van der Waals surface area contributed by atoms with Crippen LogP contribution >= 0.6 is 0 Å². The Hall–Kier alpha value is -2.86. The van der Waals surface area contributed by atoms with Gasteiger partial charge in [-0.1, -0.05) is 75.6 Å². The molecule has 2 heterocycles. The Morgan fingerprint density at radius 2 is 1.58 bits per heavy atom. The Balaban J connectivity index is 1.79. The number of aldehydes is 1. The Kier molecular flexibility index (Phi) is 10.0. The molecule has 1 aliphatic carbocycles. The predicted octanol–water partition coefficient (Wildman–Crippen LogP) is 5.59. The molecule has 2 aliphatic rings. The van der Waals surface area contributed by atoms with Crippen LogP contribution in [0.4, 0.5) is 0 Å². The first kappa shape index (κ1) is 33.5. The molecule has 0 spiro atoms. The van der Waals surface area contributed by atoms with Crippen molar-refractivity contribution in [2.45, 2.75) is 99.3 Å². The van der Waals surface area contributed by atoms with Crippen LogP contribution in [0.25, 0.3) is 0 Å². The molecule has 1 unspecified atom stereocenters. The van der Waals surface area contributed by atoms with Gasteiger partial charge in [-0.15, -0.1) is 0 Å². The molecule has 1 saturated carbocycles. The fourth-order valence-electron chi connectivity index (χ4n) is 7.43. The van der Waals surface area contributed by atoms with E-state index >= 15 is 8.42 Å². The highest BCUT2D eigenvalue weighted by Crippen LogP contribution is 2.46. The Morgan fingerprint density at radius 3 is 2.16 bits per heavy atom. The molecule has 3 aromatic rings. The van der Waals surface area contributed by atoms with E-state index < -0.39 is 30.6 Å². The molecule has 0 bridgehead atoms. The lowest BCUT2D eigenvalue weighted by Crippen LogP contribution is -2.60. The largest absolute Gasteiger partial charge is 0.317 e. The number of hydrogen-bond donors (Lipinski definition) is 1. The summed E-state index contributed by atoms with van der Waals surface area (Å²) < 4.78 is 63.7. The SMILES string of the molecule is Cc1nn(C2CCCCC2)c(C)c1S(=O)(=O)C(N(CC(C)C)S(=O)(=O)c1ccc(C=O)cc1)C1(c2ccccc2)CCNCC1. The molecule has 1 N–H and O–H groups in total. The molecule has 5 rings (SSSR count). The third-order valence-corrected chi connectivity index (χ3v) is 13.9. The Labute approximate surface area is 268 Å². The van der Waals surface area contributed by atoms with Crippen molar-refractivity contribution in [3.63, 3.8) is 0 Å². The normalized spacial score (nSPS) is 18.7. The van der Waals surface area contributed by atoms with Crippen molar-refractivity contribution in [1.29, 1.82) is 0 Å². The number of piperidine rings is 1. The average Bonchev–Trinajstić information content (AvgIpc) is 3.35. The van der Waals surface area contributed by atoms with Crippen molar-refractivity contribution >= 4 is 26.1 Å². The van der Waals surface area contributed by atoms with E-state index in [1.54, 1.807) is 6.92 Å². The first-order chi connectivity index (χ1) is 21.4. The Bertz CT molecular complexity index is 1690. The number of sulfonamides is 1. The molecule has 11 heteroatoms. The number of aromatic nitrogens is 2. The lowest BCUT2D eigenvalue weighted by atomic mass is 9.72. The second-order valence-electron chi connectivity index (χ2n) is 13.1. The Morgan fingerprint density at radius 1 is 0.956 bits per heavy atom. The molecule has 9 nitrogen and oxygen atoms in total. The summed E-state index contributed by atoms with van der Waals surface area (Å²) in [6.45, 7) is 8.43. The molecule has 244 valence electrons. The van der Waals surface area contributed by atoms with E-state index in [4.69, 9.17) is 5.10 Å². The fraction of sp³-hybridized carbons (Fsp3) is 0.529. The first-order valence-electron chi connectivity index (χ1n) is 16.1. The van der Waals surface area contributed by atoms with Crippen LogP contribution in [0, 0.1) is 19.8 Å². The number of sulfone groups is 1. The molecule has 0 radical (unpaired) electrons. The van der Waals surface area contributed by atoms with Gasteiger partial charge in [0.05, 0.1) is 22.3 Å². The van der Waals surface area contributed by atoms with Crippen LogP contribution < -0.4 is 5.32 Å². The molecule has 1 saturated heterocycles. The quantitative estimate of drug-likeness (QED) is 0.268. The minimum absolute atomic E-state index is 0.00146. The highest BCUT2D eigenvalue weighted by molar-refractivity contribution is 7.94. The van der Waals surface area contributed by atoms with Gasteiger partial charge in [0.1, 0.15) is 16.6 Å². The zero-order chi connectivity index (χ0) is 32.4. The lowest BCUT2D eigenvalue weighted by molar-refractivity contribution is 0.112. The van der Waals surface area contributed by atoms with Crippen LogP contribution in [0.3, 0.4) is 0 Å². The molecule has 0 amide bonds. The van der Waals surface area contributed by atoms with Crippen molar-refractivity contribution in [3.8, 4) is 0 Å². The first-order valence-corrected chi connectivity index (χ1v) is 19.0. The van der Waals surface area contributed by atoms with E-state index in [1.165, 1.54) is 28.6 Å². The van der Waals surface area contributed by atoms with Gasteiger partial charge < -0.3 is 5.32 Å². The minimum atomic E-state index is -4.36. The maximum Gasteiger partial charge on any atom is 0.244 e. The van der Waals surface area contributed by atoms with Gasteiger partial charge in [-0.25, -0.2) is 16.8 Å². The number of hydrogen-bond acceptors (Lipinski definition) is 7. The number of carbonyl (C=O) groups excluding carboxylic acids is 1. The maximum atomic E-state index is 15.5. The van der Waals surface area contributed by atoms with Crippen LogP contribution in [0.15, 0.2) is 64.4 Å². The van der Waals surface area contributed by atoms with E-state index in [2.05, 4.69) is 5.32 Å². The zero-order valence-corrected chi connectivity index (χ0v) is 28.4. The second-order valence-corrected chi connectivity index (χ2v) is 16.9. The number of nitrogens with zero attached hydrogens (tertiary/aromatic N) is 3. The smallest absolute Gasteiger partial charge is 0.244 e. The fourth-order valence-corrected chi connectivity index (χ4v) is 12.4. The molecule has 2 aromatic carbocycles. The van der Waals surface area contributed by atoms with Crippen molar-refractivity contribution in [2.24, 2.45) is 5.92 Å². The van der Waals surface area contributed by atoms with Gasteiger partial charge >= 0.3 is 0 Å². The summed E-state index contributed by atoms with van der Waals surface area (Å²) in [5, 5.41) is 6.75. The minimum Gasteiger partial charge on any atom is -0.317 e. The van der Waals surface area contributed by atoms with Crippen molar-refractivity contribution in [1.82, 2.24) is 19.4 Å². The zero-order valence-electron chi connectivity index (χ0n) is 26.8. The van der Waals surface area contributed by atoms with Crippen LogP contribution in [0.5, 0.6) is 0 Å². The second kappa shape index (κ2) is 13.5. The molecule has 1 aromatic heterocycles. The summed E-state index contributed by atoms with van der Waals surface area (Å²) in [7, 11) is -8.71. The highest BCUT2D eigenvalue weighted by Gasteiger charge is 2.55. The summed E-state index contributed by atoms with van der Waals surface area (Å²) in [5.41, 5.74) is 1.07. The predicted molar refractivity (Wildman–Crippen MR) is 176 cm³/mol. The molecular weight excluding hydrogens is 609 g/mol. The third kappa shape index (κ3) is 6.41. The molecule has 2 fully saturated rings. The monoisotopic (exact) mass is 654 g/mol. The van der Waals surface area contributed by atoms with E-state index in [1.807, 2.05) is 55.8 Å². The van der Waals surface area contributed by atoms with Gasteiger partial charge in [0.25, 0.3) is 0 Å². The van der Waals surface area contributed by atoms with Gasteiger partial charge in [0.2, 0.25) is 10.0 Å². The number of carbonyl (C=O) groups is 1. The van der Waals surface area contributed by atoms with Crippen molar-refractivity contribution < 1.29 is 21.6 Å². The highest BCUT2D eigenvalue weighted by atomic mass is 32.2. The number of rotatable bonds is 11. The van der Waals surface area contributed by atoms with E-state index in [0.717, 1.165) is 37.7 Å². The number of aryl methyl sites for hydroxylation is 1. The molecule has 1 aliphatic heterocycles. The summed E-state index contributed by atoms with van der Waals surface area (Å²) in [6, 6.07) is 15.3. The van der Waals surface area contributed by atoms with Crippen molar-refractivity contribution in [2.75, 3.05) is 19.6 Å².